The molecule has 2 N–H and O–H groups in total. The Bertz CT molecular complexity index is 987. The van der Waals surface area contributed by atoms with E-state index in [1.165, 1.54) is 0 Å². The van der Waals surface area contributed by atoms with E-state index in [0.29, 0.717) is 38.2 Å². The molecule has 1 fully saturated rings. The highest BCUT2D eigenvalue weighted by atomic mass is 16.2. The van der Waals surface area contributed by atoms with Gasteiger partial charge in [0.1, 0.15) is 0 Å². The van der Waals surface area contributed by atoms with Crippen molar-refractivity contribution in [3.63, 3.8) is 0 Å². The topological polar surface area (TPSA) is 109 Å². The van der Waals surface area contributed by atoms with Crippen molar-refractivity contribution in [3.8, 4) is 11.3 Å². The lowest BCUT2D eigenvalue weighted by Crippen LogP contribution is -2.43. The predicted octanol–water partition coefficient (Wildman–Crippen LogP) is 1.37. The zero-order valence-corrected chi connectivity index (χ0v) is 16.2. The molecule has 4 heterocycles. The monoisotopic (exact) mass is 393 g/mol. The van der Waals surface area contributed by atoms with Gasteiger partial charge in [-0.3, -0.25) is 24.4 Å². The smallest absolute Gasteiger partial charge is 0.274 e. The minimum Gasteiger partial charge on any atom is -0.352 e. The van der Waals surface area contributed by atoms with Gasteiger partial charge in [0, 0.05) is 62.3 Å². The van der Waals surface area contributed by atoms with Crippen molar-refractivity contribution in [1.29, 1.82) is 0 Å². The van der Waals surface area contributed by atoms with E-state index in [0.717, 1.165) is 16.8 Å². The molecule has 9 heteroatoms. The molecule has 3 aromatic heterocycles. The highest BCUT2D eigenvalue weighted by molar-refractivity contribution is 5.93. The Balaban J connectivity index is 1.29. The van der Waals surface area contributed by atoms with Gasteiger partial charge in [0.25, 0.3) is 5.91 Å². The minimum absolute atomic E-state index is 0.0284. The third-order valence-electron chi connectivity index (χ3n) is 5.17. The Labute approximate surface area is 168 Å². The van der Waals surface area contributed by atoms with Crippen LogP contribution >= 0.6 is 0 Å². The second-order valence-corrected chi connectivity index (χ2v) is 7.21. The molecule has 29 heavy (non-hydrogen) atoms. The zero-order valence-electron chi connectivity index (χ0n) is 16.2. The molecule has 9 nitrogen and oxygen atoms in total. The normalized spacial score (nSPS) is 14.7. The standard InChI is InChI=1S/C20H23N7O2/c1-26-13-14(12-23-26)11-22-19(28)16-4-8-27(9-5-16)20(29)18-10-17(24-25-18)15-2-6-21-7-3-15/h2-3,6-7,10,12-13,16H,4-5,8-9,11H2,1H3,(H,22,28)(H,24,25). The van der Waals surface area contributed by atoms with Gasteiger partial charge < -0.3 is 10.2 Å². The summed E-state index contributed by atoms with van der Waals surface area (Å²) in [5.74, 6) is -0.168. The fourth-order valence-electron chi connectivity index (χ4n) is 3.51. The summed E-state index contributed by atoms with van der Waals surface area (Å²) in [6, 6.07) is 5.47. The summed E-state index contributed by atoms with van der Waals surface area (Å²) in [6.45, 7) is 1.55. The molecular weight excluding hydrogens is 370 g/mol. The summed E-state index contributed by atoms with van der Waals surface area (Å²) in [6.07, 6.45) is 8.30. The van der Waals surface area contributed by atoms with E-state index >= 15 is 0 Å². The van der Waals surface area contributed by atoms with Gasteiger partial charge in [-0.2, -0.15) is 10.2 Å². The number of aryl methyl sites for hydroxylation is 1. The molecule has 0 aliphatic carbocycles. The van der Waals surface area contributed by atoms with Crippen LogP contribution in [0.3, 0.4) is 0 Å². The number of aromatic amines is 1. The Morgan fingerprint density at radius 2 is 2.00 bits per heavy atom. The van der Waals surface area contributed by atoms with E-state index < -0.39 is 0 Å². The van der Waals surface area contributed by atoms with Crippen LogP contribution in [0.15, 0.2) is 43.0 Å². The number of H-pyrrole nitrogens is 1. The molecule has 4 rings (SSSR count). The number of hydrogen-bond acceptors (Lipinski definition) is 5. The lowest BCUT2D eigenvalue weighted by Gasteiger charge is -2.30. The van der Waals surface area contributed by atoms with Crippen LogP contribution in [-0.2, 0) is 18.4 Å². The molecule has 1 aliphatic rings. The number of carbonyl (C=O) groups excluding carboxylic acids is 2. The van der Waals surface area contributed by atoms with Crippen molar-refractivity contribution in [2.24, 2.45) is 13.0 Å². The third kappa shape index (κ3) is 4.34. The summed E-state index contributed by atoms with van der Waals surface area (Å²) < 4.78 is 1.71. The number of carbonyl (C=O) groups is 2. The van der Waals surface area contributed by atoms with E-state index in [1.54, 1.807) is 34.2 Å². The average Bonchev–Trinajstić information content (AvgIpc) is 3.41. The summed E-state index contributed by atoms with van der Waals surface area (Å²) in [4.78, 5) is 30.9. The first-order valence-corrected chi connectivity index (χ1v) is 9.60. The molecule has 0 aromatic carbocycles. The fourth-order valence-corrected chi connectivity index (χ4v) is 3.51. The summed E-state index contributed by atoms with van der Waals surface area (Å²) in [5.41, 5.74) is 3.06. The maximum Gasteiger partial charge on any atom is 0.274 e. The minimum atomic E-state index is -0.115. The molecule has 0 radical (unpaired) electrons. The molecule has 0 saturated carbocycles. The van der Waals surface area contributed by atoms with Gasteiger partial charge in [0.15, 0.2) is 5.69 Å². The molecule has 0 bridgehead atoms. The van der Waals surface area contributed by atoms with E-state index in [1.807, 2.05) is 25.4 Å². The molecular formula is C20H23N7O2. The van der Waals surface area contributed by atoms with Gasteiger partial charge in [-0.15, -0.1) is 0 Å². The van der Waals surface area contributed by atoms with E-state index in [4.69, 9.17) is 0 Å². The highest BCUT2D eigenvalue weighted by Gasteiger charge is 2.28. The number of likely N-dealkylation sites (tertiary alicyclic amines) is 1. The SMILES string of the molecule is Cn1cc(CNC(=O)C2CCN(C(=O)c3cc(-c4ccncc4)[nH]n3)CC2)cn1. The lowest BCUT2D eigenvalue weighted by atomic mass is 9.95. The van der Waals surface area contributed by atoms with Crippen LogP contribution < -0.4 is 5.32 Å². The second-order valence-electron chi connectivity index (χ2n) is 7.21. The number of nitrogens with one attached hydrogen (secondary N) is 2. The molecule has 1 saturated heterocycles. The van der Waals surface area contributed by atoms with Crippen molar-refractivity contribution < 1.29 is 9.59 Å². The predicted molar refractivity (Wildman–Crippen MR) is 106 cm³/mol. The van der Waals surface area contributed by atoms with Crippen molar-refractivity contribution in [1.82, 2.24) is 35.2 Å². The van der Waals surface area contributed by atoms with E-state index in [-0.39, 0.29) is 17.7 Å². The Kier molecular flexibility index (Phi) is 5.37. The number of amides is 2. The van der Waals surface area contributed by atoms with Crippen molar-refractivity contribution in [2.75, 3.05) is 13.1 Å². The number of rotatable bonds is 5. The lowest BCUT2D eigenvalue weighted by molar-refractivity contribution is -0.126. The molecule has 3 aromatic rings. The maximum atomic E-state index is 12.8. The zero-order chi connectivity index (χ0) is 20.2. The fraction of sp³-hybridized carbons (Fsp3) is 0.350. The van der Waals surface area contributed by atoms with Crippen LogP contribution in [0.1, 0.15) is 28.9 Å². The largest absolute Gasteiger partial charge is 0.352 e. The number of hydrogen-bond donors (Lipinski definition) is 2. The quantitative estimate of drug-likeness (QED) is 0.681. The maximum absolute atomic E-state index is 12.8. The van der Waals surface area contributed by atoms with Gasteiger partial charge >= 0.3 is 0 Å². The van der Waals surface area contributed by atoms with Crippen LogP contribution in [0.2, 0.25) is 0 Å². The van der Waals surface area contributed by atoms with Gasteiger partial charge in [0.2, 0.25) is 5.91 Å². The van der Waals surface area contributed by atoms with Crippen LogP contribution in [0, 0.1) is 5.92 Å². The molecule has 150 valence electrons. The van der Waals surface area contributed by atoms with Crippen LogP contribution in [-0.4, -0.2) is 54.8 Å². The first kappa shape index (κ1) is 18.9. The molecule has 0 atom stereocenters. The van der Waals surface area contributed by atoms with Gasteiger partial charge in [0.05, 0.1) is 11.9 Å². The van der Waals surface area contributed by atoms with Crippen molar-refractivity contribution in [3.05, 3.63) is 54.2 Å². The van der Waals surface area contributed by atoms with E-state index in [2.05, 4.69) is 25.6 Å². The van der Waals surface area contributed by atoms with Crippen molar-refractivity contribution >= 4 is 11.8 Å². The Hall–Kier alpha value is -3.49. The van der Waals surface area contributed by atoms with Crippen molar-refractivity contribution in [2.45, 2.75) is 19.4 Å². The van der Waals surface area contributed by atoms with Gasteiger partial charge in [-0.1, -0.05) is 0 Å². The van der Waals surface area contributed by atoms with E-state index in [9.17, 15) is 9.59 Å². The number of aromatic nitrogens is 5. The van der Waals surface area contributed by atoms with Crippen LogP contribution in [0.25, 0.3) is 11.3 Å². The Morgan fingerprint density at radius 1 is 1.24 bits per heavy atom. The number of nitrogens with zero attached hydrogens (tertiary/aromatic N) is 5. The second kappa shape index (κ2) is 8.26. The van der Waals surface area contributed by atoms with Crippen LogP contribution in [0.5, 0.6) is 0 Å². The first-order chi connectivity index (χ1) is 14.1. The molecule has 0 spiro atoms. The Morgan fingerprint density at radius 3 is 2.69 bits per heavy atom. The average molecular weight is 393 g/mol. The van der Waals surface area contributed by atoms with Crippen LogP contribution in [0.4, 0.5) is 0 Å². The number of piperidine rings is 1. The summed E-state index contributed by atoms with van der Waals surface area (Å²) in [5, 5.41) is 14.1. The first-order valence-electron chi connectivity index (χ1n) is 9.60. The number of pyridine rings is 1. The third-order valence-corrected chi connectivity index (χ3v) is 5.17. The molecule has 2 amide bonds. The van der Waals surface area contributed by atoms with Gasteiger partial charge in [-0.05, 0) is 31.0 Å². The van der Waals surface area contributed by atoms with Gasteiger partial charge in [-0.25, -0.2) is 0 Å². The molecule has 0 unspecified atom stereocenters. The highest BCUT2D eigenvalue weighted by Crippen LogP contribution is 2.21. The summed E-state index contributed by atoms with van der Waals surface area (Å²) >= 11 is 0. The molecule has 1 aliphatic heterocycles. The summed E-state index contributed by atoms with van der Waals surface area (Å²) in [7, 11) is 1.84.